The summed E-state index contributed by atoms with van der Waals surface area (Å²) in [5, 5.41) is 13.0. The van der Waals surface area contributed by atoms with Crippen LogP contribution < -0.4 is 15.1 Å². The number of rotatable bonds is 4. The van der Waals surface area contributed by atoms with Gasteiger partial charge in [0.1, 0.15) is 5.75 Å². The Hall–Kier alpha value is -2.53. The highest BCUT2D eigenvalue weighted by atomic mass is 16.3. The van der Waals surface area contributed by atoms with Crippen LogP contribution in [-0.2, 0) is 10.2 Å². The fraction of sp³-hybridized carbons (Fsp3) is 0.409. The molecule has 2 aromatic rings. The molecule has 5 heteroatoms. The van der Waals surface area contributed by atoms with Crippen molar-refractivity contribution >= 4 is 17.3 Å². The Morgan fingerprint density at radius 2 is 1.70 bits per heavy atom. The van der Waals surface area contributed by atoms with E-state index in [2.05, 4.69) is 43.1 Å². The van der Waals surface area contributed by atoms with Crippen LogP contribution in [0.15, 0.2) is 48.5 Å². The number of phenols is 1. The van der Waals surface area contributed by atoms with Crippen LogP contribution in [0.3, 0.4) is 0 Å². The first kappa shape index (κ1) is 19.2. The normalized spacial score (nSPS) is 15.6. The van der Waals surface area contributed by atoms with Gasteiger partial charge in [0.15, 0.2) is 6.54 Å². The summed E-state index contributed by atoms with van der Waals surface area (Å²) < 4.78 is 0. The molecule has 1 fully saturated rings. The summed E-state index contributed by atoms with van der Waals surface area (Å²) in [6, 6.07) is 15.5. The first-order valence-corrected chi connectivity index (χ1v) is 9.60. The third kappa shape index (κ3) is 5.01. The lowest BCUT2D eigenvalue weighted by Gasteiger charge is -2.33. The maximum absolute atomic E-state index is 12.4. The molecule has 2 aromatic carbocycles. The van der Waals surface area contributed by atoms with E-state index in [0.717, 1.165) is 37.6 Å². The van der Waals surface area contributed by atoms with Crippen LogP contribution in [0.4, 0.5) is 11.4 Å². The van der Waals surface area contributed by atoms with Gasteiger partial charge in [0, 0.05) is 5.69 Å². The zero-order valence-corrected chi connectivity index (χ0v) is 16.5. The molecule has 3 N–H and O–H groups in total. The SMILES string of the molecule is CC(C)(C)c1ccc(NC(=O)C[NH+]2CCN(c3ccccc3O)CC2)cc1. The standard InChI is InChI=1S/C22H29N3O2/c1-22(2,3)17-8-10-18(11-9-17)23-21(27)16-24-12-14-25(15-13-24)19-6-4-5-7-20(19)26/h4-11,26H,12-16H2,1-3H3,(H,23,27)/p+1. The second kappa shape index (κ2) is 8.01. The summed E-state index contributed by atoms with van der Waals surface area (Å²) in [4.78, 5) is 15.8. The average molecular weight is 369 g/mol. The summed E-state index contributed by atoms with van der Waals surface area (Å²) in [5.74, 6) is 0.363. The highest BCUT2D eigenvalue weighted by molar-refractivity contribution is 5.91. The van der Waals surface area contributed by atoms with Gasteiger partial charge in [-0.2, -0.15) is 0 Å². The topological polar surface area (TPSA) is 57.0 Å². The van der Waals surface area contributed by atoms with E-state index in [1.807, 2.05) is 30.3 Å². The second-order valence-electron chi connectivity index (χ2n) is 8.28. The van der Waals surface area contributed by atoms with Crippen LogP contribution >= 0.6 is 0 Å². The van der Waals surface area contributed by atoms with Crippen LogP contribution in [-0.4, -0.2) is 43.7 Å². The number of para-hydroxylation sites is 2. The Bertz CT molecular complexity index is 773. The average Bonchev–Trinajstić information content (AvgIpc) is 2.62. The van der Waals surface area contributed by atoms with Gasteiger partial charge in [0.2, 0.25) is 0 Å². The predicted molar refractivity (Wildman–Crippen MR) is 110 cm³/mol. The van der Waals surface area contributed by atoms with E-state index in [0.29, 0.717) is 12.3 Å². The van der Waals surface area contributed by atoms with Gasteiger partial charge in [-0.3, -0.25) is 4.79 Å². The molecular formula is C22H30N3O2+. The molecule has 1 aliphatic heterocycles. The zero-order valence-electron chi connectivity index (χ0n) is 16.5. The quantitative estimate of drug-likeness (QED) is 0.774. The van der Waals surface area contributed by atoms with E-state index >= 15 is 0 Å². The molecule has 0 unspecified atom stereocenters. The van der Waals surface area contributed by atoms with Crippen molar-refractivity contribution in [1.82, 2.24) is 0 Å². The van der Waals surface area contributed by atoms with Gasteiger partial charge < -0.3 is 20.2 Å². The van der Waals surface area contributed by atoms with Gasteiger partial charge in [-0.05, 0) is 35.2 Å². The molecule has 1 saturated heterocycles. The predicted octanol–water partition coefficient (Wildman–Crippen LogP) is 2.03. The minimum Gasteiger partial charge on any atom is -0.506 e. The summed E-state index contributed by atoms with van der Waals surface area (Å²) in [5.41, 5.74) is 3.09. The Kier molecular flexibility index (Phi) is 5.71. The summed E-state index contributed by atoms with van der Waals surface area (Å²) in [7, 11) is 0. The van der Waals surface area contributed by atoms with Crippen molar-refractivity contribution in [2.45, 2.75) is 26.2 Å². The molecule has 1 heterocycles. The molecule has 144 valence electrons. The van der Waals surface area contributed by atoms with E-state index in [9.17, 15) is 9.90 Å². The summed E-state index contributed by atoms with van der Waals surface area (Å²) >= 11 is 0. The van der Waals surface area contributed by atoms with Crippen molar-refractivity contribution in [3.8, 4) is 5.75 Å². The molecule has 0 saturated carbocycles. The lowest BCUT2D eigenvalue weighted by molar-refractivity contribution is -0.892. The Labute approximate surface area is 161 Å². The highest BCUT2D eigenvalue weighted by Crippen LogP contribution is 2.26. The van der Waals surface area contributed by atoms with Crippen molar-refractivity contribution in [2.24, 2.45) is 0 Å². The molecule has 0 aliphatic carbocycles. The monoisotopic (exact) mass is 368 g/mol. The van der Waals surface area contributed by atoms with Gasteiger partial charge in [-0.15, -0.1) is 0 Å². The van der Waals surface area contributed by atoms with E-state index in [-0.39, 0.29) is 11.3 Å². The van der Waals surface area contributed by atoms with Crippen molar-refractivity contribution < 1.29 is 14.8 Å². The van der Waals surface area contributed by atoms with Crippen LogP contribution in [0.1, 0.15) is 26.3 Å². The number of carbonyl (C=O) groups is 1. The Morgan fingerprint density at radius 3 is 2.30 bits per heavy atom. The van der Waals surface area contributed by atoms with E-state index in [1.165, 1.54) is 10.5 Å². The van der Waals surface area contributed by atoms with Gasteiger partial charge in [-0.25, -0.2) is 0 Å². The van der Waals surface area contributed by atoms with Gasteiger partial charge in [-0.1, -0.05) is 45.0 Å². The zero-order chi connectivity index (χ0) is 19.4. The van der Waals surface area contributed by atoms with Crippen LogP contribution in [0.25, 0.3) is 0 Å². The minimum atomic E-state index is 0.0458. The van der Waals surface area contributed by atoms with E-state index in [1.54, 1.807) is 6.07 Å². The highest BCUT2D eigenvalue weighted by Gasteiger charge is 2.23. The fourth-order valence-electron chi connectivity index (χ4n) is 3.46. The van der Waals surface area contributed by atoms with Crippen LogP contribution in [0.5, 0.6) is 5.75 Å². The molecule has 0 spiro atoms. The maximum atomic E-state index is 12.4. The maximum Gasteiger partial charge on any atom is 0.279 e. The molecule has 0 bridgehead atoms. The number of nitrogens with one attached hydrogen (secondary N) is 2. The number of quaternary nitrogens is 1. The number of carbonyl (C=O) groups excluding carboxylic acids is 1. The number of hydrogen-bond donors (Lipinski definition) is 3. The van der Waals surface area contributed by atoms with E-state index in [4.69, 9.17) is 0 Å². The molecule has 3 rings (SSSR count). The lowest BCUT2D eigenvalue weighted by Crippen LogP contribution is -3.15. The minimum absolute atomic E-state index is 0.0458. The smallest absolute Gasteiger partial charge is 0.279 e. The van der Waals surface area contributed by atoms with E-state index < -0.39 is 0 Å². The first-order valence-electron chi connectivity index (χ1n) is 9.60. The molecule has 1 amide bonds. The number of nitrogens with zero attached hydrogens (tertiary/aromatic N) is 1. The molecule has 27 heavy (non-hydrogen) atoms. The van der Waals surface area contributed by atoms with Crippen molar-refractivity contribution in [1.29, 1.82) is 0 Å². The summed E-state index contributed by atoms with van der Waals surface area (Å²) in [6.45, 7) is 10.4. The Balaban J connectivity index is 1.49. The van der Waals surface area contributed by atoms with Crippen molar-refractivity contribution in [2.75, 3.05) is 42.9 Å². The molecule has 0 radical (unpaired) electrons. The van der Waals surface area contributed by atoms with Crippen molar-refractivity contribution in [3.63, 3.8) is 0 Å². The number of hydrogen-bond acceptors (Lipinski definition) is 3. The van der Waals surface area contributed by atoms with Gasteiger partial charge in [0.25, 0.3) is 5.91 Å². The molecule has 0 atom stereocenters. The van der Waals surface area contributed by atoms with Crippen LogP contribution in [0, 0.1) is 0 Å². The molecule has 0 aromatic heterocycles. The number of aromatic hydroxyl groups is 1. The number of benzene rings is 2. The molecular weight excluding hydrogens is 338 g/mol. The third-order valence-electron chi connectivity index (χ3n) is 5.14. The molecule has 1 aliphatic rings. The number of piperazine rings is 1. The number of anilines is 2. The first-order chi connectivity index (χ1) is 12.8. The summed E-state index contributed by atoms with van der Waals surface area (Å²) in [6.07, 6.45) is 0. The fourth-order valence-corrected chi connectivity index (χ4v) is 3.46. The lowest BCUT2D eigenvalue weighted by atomic mass is 9.87. The van der Waals surface area contributed by atoms with Gasteiger partial charge in [0.05, 0.1) is 31.9 Å². The van der Waals surface area contributed by atoms with Crippen LogP contribution in [0.2, 0.25) is 0 Å². The van der Waals surface area contributed by atoms with Crippen molar-refractivity contribution in [3.05, 3.63) is 54.1 Å². The molecule has 5 nitrogen and oxygen atoms in total. The largest absolute Gasteiger partial charge is 0.506 e. The number of amides is 1. The Morgan fingerprint density at radius 1 is 1.07 bits per heavy atom. The van der Waals surface area contributed by atoms with Gasteiger partial charge >= 0.3 is 0 Å². The number of phenolic OH excluding ortho intramolecular Hbond substituents is 1. The second-order valence-corrected chi connectivity index (χ2v) is 8.28. The third-order valence-corrected chi connectivity index (χ3v) is 5.14.